The zero-order valence-electron chi connectivity index (χ0n) is 11.3. The molecule has 0 aliphatic carbocycles. The molecule has 0 aromatic heterocycles. The summed E-state index contributed by atoms with van der Waals surface area (Å²) in [5, 5.41) is 3.22. The minimum absolute atomic E-state index is 0.307. The molecule has 1 heterocycles. The van der Waals surface area contributed by atoms with E-state index in [1.54, 1.807) is 4.31 Å². The van der Waals surface area contributed by atoms with Crippen LogP contribution in [0.2, 0.25) is 0 Å². The van der Waals surface area contributed by atoms with Crippen molar-refractivity contribution in [1.82, 2.24) is 9.62 Å². The third kappa shape index (κ3) is 4.23. The quantitative estimate of drug-likeness (QED) is 0.788. The fourth-order valence-electron chi connectivity index (χ4n) is 2.35. The van der Waals surface area contributed by atoms with E-state index in [0.717, 1.165) is 25.7 Å². The van der Waals surface area contributed by atoms with Crippen molar-refractivity contribution in [3.63, 3.8) is 0 Å². The standard InChI is InChI=1S/C12H26N2O2S/c1-4-11(5-2)10-17(15,16)14-8-6-12(13-3)7-9-14/h11-13H,4-10H2,1-3H3. The summed E-state index contributed by atoms with van der Waals surface area (Å²) in [5.74, 6) is 0.631. The predicted molar refractivity (Wildman–Crippen MR) is 71.5 cm³/mol. The second-order valence-electron chi connectivity index (χ2n) is 4.92. The van der Waals surface area contributed by atoms with Gasteiger partial charge in [0.15, 0.2) is 0 Å². The number of nitrogens with zero attached hydrogens (tertiary/aromatic N) is 1. The van der Waals surface area contributed by atoms with Crippen LogP contribution in [-0.4, -0.2) is 44.7 Å². The maximum Gasteiger partial charge on any atom is 0.214 e. The van der Waals surface area contributed by atoms with Gasteiger partial charge in [-0.2, -0.15) is 0 Å². The van der Waals surface area contributed by atoms with Crippen molar-refractivity contribution in [3.8, 4) is 0 Å². The van der Waals surface area contributed by atoms with Gasteiger partial charge < -0.3 is 5.32 Å². The lowest BCUT2D eigenvalue weighted by Gasteiger charge is -2.31. The van der Waals surface area contributed by atoms with Crippen LogP contribution in [0, 0.1) is 5.92 Å². The normalized spacial score (nSPS) is 20.0. The van der Waals surface area contributed by atoms with Crippen molar-refractivity contribution in [3.05, 3.63) is 0 Å². The molecule has 102 valence electrons. The van der Waals surface area contributed by atoms with Gasteiger partial charge in [-0.25, -0.2) is 12.7 Å². The van der Waals surface area contributed by atoms with Crippen molar-refractivity contribution >= 4 is 10.0 Å². The smallest absolute Gasteiger partial charge is 0.214 e. The Balaban J connectivity index is 2.54. The van der Waals surface area contributed by atoms with Crippen LogP contribution in [0.1, 0.15) is 39.5 Å². The maximum atomic E-state index is 12.2. The summed E-state index contributed by atoms with van der Waals surface area (Å²) in [6.07, 6.45) is 3.75. The highest BCUT2D eigenvalue weighted by atomic mass is 32.2. The van der Waals surface area contributed by atoms with E-state index in [1.165, 1.54) is 0 Å². The monoisotopic (exact) mass is 262 g/mol. The maximum absolute atomic E-state index is 12.2. The Morgan fingerprint density at radius 2 is 1.76 bits per heavy atom. The molecule has 0 aromatic carbocycles. The van der Waals surface area contributed by atoms with Crippen LogP contribution < -0.4 is 5.32 Å². The molecule has 0 atom stereocenters. The van der Waals surface area contributed by atoms with Gasteiger partial charge in [0.05, 0.1) is 5.75 Å². The number of hydrogen-bond donors (Lipinski definition) is 1. The predicted octanol–water partition coefficient (Wildman–Crippen LogP) is 1.44. The summed E-state index contributed by atoms with van der Waals surface area (Å²) in [4.78, 5) is 0. The molecule has 0 bridgehead atoms. The van der Waals surface area contributed by atoms with Crippen molar-refractivity contribution in [2.75, 3.05) is 25.9 Å². The average Bonchev–Trinajstić information content (AvgIpc) is 2.36. The Labute approximate surface area is 106 Å². The molecule has 0 saturated carbocycles. The van der Waals surface area contributed by atoms with Crippen molar-refractivity contribution in [1.29, 1.82) is 0 Å². The van der Waals surface area contributed by atoms with Crippen molar-refractivity contribution in [2.45, 2.75) is 45.6 Å². The Kier molecular flexibility index (Phi) is 5.89. The van der Waals surface area contributed by atoms with E-state index in [4.69, 9.17) is 0 Å². The van der Waals surface area contributed by atoms with E-state index in [2.05, 4.69) is 19.2 Å². The highest BCUT2D eigenvalue weighted by molar-refractivity contribution is 7.89. The first-order chi connectivity index (χ1) is 8.03. The SMILES string of the molecule is CCC(CC)CS(=O)(=O)N1CCC(NC)CC1. The lowest BCUT2D eigenvalue weighted by atomic mass is 10.1. The summed E-state index contributed by atoms with van der Waals surface area (Å²) in [6.45, 7) is 5.48. The molecule has 17 heavy (non-hydrogen) atoms. The Morgan fingerprint density at radius 3 is 2.18 bits per heavy atom. The van der Waals surface area contributed by atoms with E-state index >= 15 is 0 Å². The molecule has 0 unspecified atom stereocenters. The van der Waals surface area contributed by atoms with Crippen molar-refractivity contribution in [2.24, 2.45) is 5.92 Å². The van der Waals surface area contributed by atoms with Crippen LogP contribution in [0.25, 0.3) is 0 Å². The number of rotatable bonds is 6. The first-order valence-corrected chi connectivity index (χ1v) is 8.29. The summed E-state index contributed by atoms with van der Waals surface area (Å²) >= 11 is 0. The summed E-state index contributed by atoms with van der Waals surface area (Å²) in [6, 6.07) is 0.481. The van der Waals surface area contributed by atoms with Gasteiger partial charge in [-0.3, -0.25) is 0 Å². The number of hydrogen-bond acceptors (Lipinski definition) is 3. The van der Waals surface area contributed by atoms with Crippen LogP contribution in [0.4, 0.5) is 0 Å². The van der Waals surface area contributed by atoms with E-state index in [0.29, 0.717) is 30.8 Å². The fraction of sp³-hybridized carbons (Fsp3) is 1.00. The fourth-order valence-corrected chi connectivity index (χ4v) is 4.40. The molecule has 1 aliphatic heterocycles. The minimum atomic E-state index is -3.03. The van der Waals surface area contributed by atoms with Crippen LogP contribution in [0.15, 0.2) is 0 Å². The van der Waals surface area contributed by atoms with Gasteiger partial charge in [0.1, 0.15) is 0 Å². The highest BCUT2D eigenvalue weighted by Crippen LogP contribution is 2.18. The molecule has 1 rings (SSSR count). The van der Waals surface area contributed by atoms with E-state index in [-0.39, 0.29) is 0 Å². The lowest BCUT2D eigenvalue weighted by Crippen LogP contribution is -2.45. The molecule has 1 fully saturated rings. The van der Waals surface area contributed by atoms with Gasteiger partial charge in [-0.1, -0.05) is 26.7 Å². The van der Waals surface area contributed by atoms with Gasteiger partial charge in [-0.15, -0.1) is 0 Å². The van der Waals surface area contributed by atoms with Gasteiger partial charge in [0.2, 0.25) is 10.0 Å². The molecule has 0 radical (unpaired) electrons. The zero-order valence-corrected chi connectivity index (χ0v) is 12.1. The molecule has 1 aliphatic rings. The zero-order chi connectivity index (χ0) is 12.9. The molecular formula is C12H26N2O2S. The van der Waals surface area contributed by atoms with Gasteiger partial charge in [-0.05, 0) is 25.8 Å². The second-order valence-corrected chi connectivity index (χ2v) is 6.94. The molecule has 0 aromatic rings. The van der Waals surface area contributed by atoms with Crippen LogP contribution in [-0.2, 0) is 10.0 Å². The second kappa shape index (κ2) is 6.71. The first-order valence-electron chi connectivity index (χ1n) is 6.68. The molecule has 1 saturated heterocycles. The summed E-state index contributed by atoms with van der Waals surface area (Å²) < 4.78 is 26.1. The molecule has 1 N–H and O–H groups in total. The largest absolute Gasteiger partial charge is 0.317 e. The number of nitrogens with one attached hydrogen (secondary N) is 1. The minimum Gasteiger partial charge on any atom is -0.317 e. The lowest BCUT2D eigenvalue weighted by molar-refractivity contribution is 0.296. The molecule has 0 spiro atoms. The van der Waals surface area contributed by atoms with E-state index in [9.17, 15) is 8.42 Å². The van der Waals surface area contributed by atoms with Crippen LogP contribution in [0.5, 0.6) is 0 Å². The Bertz CT molecular complexity index is 304. The first kappa shape index (κ1) is 14.9. The Morgan fingerprint density at radius 1 is 1.24 bits per heavy atom. The third-order valence-electron chi connectivity index (χ3n) is 3.86. The topological polar surface area (TPSA) is 49.4 Å². The molecule has 0 amide bonds. The number of sulfonamides is 1. The third-order valence-corrected chi connectivity index (χ3v) is 5.90. The molecular weight excluding hydrogens is 236 g/mol. The van der Waals surface area contributed by atoms with Crippen LogP contribution in [0.3, 0.4) is 0 Å². The van der Waals surface area contributed by atoms with Gasteiger partial charge in [0, 0.05) is 19.1 Å². The van der Waals surface area contributed by atoms with E-state index < -0.39 is 10.0 Å². The molecule has 5 heteroatoms. The number of piperidine rings is 1. The summed E-state index contributed by atoms with van der Waals surface area (Å²) in [7, 11) is -1.09. The van der Waals surface area contributed by atoms with Gasteiger partial charge >= 0.3 is 0 Å². The van der Waals surface area contributed by atoms with Crippen LogP contribution >= 0.6 is 0 Å². The van der Waals surface area contributed by atoms with Gasteiger partial charge in [0.25, 0.3) is 0 Å². The van der Waals surface area contributed by atoms with Crippen molar-refractivity contribution < 1.29 is 8.42 Å². The average molecular weight is 262 g/mol. The Hall–Kier alpha value is -0.130. The van der Waals surface area contributed by atoms with E-state index in [1.807, 2.05) is 7.05 Å². The molecule has 4 nitrogen and oxygen atoms in total. The summed E-state index contributed by atoms with van der Waals surface area (Å²) in [5.41, 5.74) is 0. The highest BCUT2D eigenvalue weighted by Gasteiger charge is 2.28.